The summed E-state index contributed by atoms with van der Waals surface area (Å²) in [5.74, 6) is 1.60. The molecule has 1 heterocycles. The Balaban J connectivity index is 2.11. The van der Waals surface area contributed by atoms with Gasteiger partial charge in [0, 0.05) is 7.05 Å². The Kier molecular flexibility index (Phi) is 3.01. The van der Waals surface area contributed by atoms with Gasteiger partial charge in [0.05, 0.1) is 6.04 Å². The number of hydrogen-bond acceptors (Lipinski definition) is 3. The molecular formula is C12H16N4. The molecule has 0 aliphatic heterocycles. The van der Waals surface area contributed by atoms with Crippen LogP contribution in [0.3, 0.4) is 0 Å². The van der Waals surface area contributed by atoms with Crippen LogP contribution in [0.25, 0.3) is 0 Å². The lowest BCUT2D eigenvalue weighted by molar-refractivity contribution is 0.645. The van der Waals surface area contributed by atoms with Crippen molar-refractivity contribution in [1.82, 2.24) is 14.8 Å². The lowest BCUT2D eigenvalue weighted by atomic mass is 10.1. The van der Waals surface area contributed by atoms with Crippen LogP contribution in [0, 0.1) is 6.92 Å². The smallest absolute Gasteiger partial charge is 0.167 e. The Morgan fingerprint density at radius 2 is 2.00 bits per heavy atom. The summed E-state index contributed by atoms with van der Waals surface area (Å²) >= 11 is 0. The molecule has 0 fully saturated rings. The van der Waals surface area contributed by atoms with Crippen LogP contribution in [-0.4, -0.2) is 14.8 Å². The van der Waals surface area contributed by atoms with Crippen molar-refractivity contribution in [3.05, 3.63) is 47.5 Å². The average Bonchev–Trinajstić information content (AvgIpc) is 2.61. The topological polar surface area (TPSA) is 56.7 Å². The standard InChI is InChI=1S/C12H16N4/c1-9-14-12(15-16(9)2)11(13)8-10-6-4-3-5-7-10/h3-7,11H,8,13H2,1-2H3/t11-/m0/s1. The van der Waals surface area contributed by atoms with E-state index < -0.39 is 0 Å². The summed E-state index contributed by atoms with van der Waals surface area (Å²) in [7, 11) is 1.88. The molecule has 0 bridgehead atoms. The Morgan fingerprint density at radius 3 is 2.56 bits per heavy atom. The first kappa shape index (κ1) is 10.8. The first-order valence-corrected chi connectivity index (χ1v) is 5.34. The molecule has 1 aromatic heterocycles. The quantitative estimate of drug-likeness (QED) is 0.843. The Hall–Kier alpha value is -1.68. The van der Waals surface area contributed by atoms with E-state index in [1.54, 1.807) is 4.68 Å². The predicted molar refractivity (Wildman–Crippen MR) is 62.8 cm³/mol. The molecule has 2 aromatic rings. The van der Waals surface area contributed by atoms with Gasteiger partial charge in [0.2, 0.25) is 0 Å². The molecule has 0 saturated carbocycles. The summed E-state index contributed by atoms with van der Waals surface area (Å²) in [4.78, 5) is 4.33. The van der Waals surface area contributed by atoms with E-state index in [0.717, 1.165) is 12.2 Å². The highest BCUT2D eigenvalue weighted by Crippen LogP contribution is 2.12. The fourth-order valence-electron chi connectivity index (χ4n) is 1.60. The maximum Gasteiger partial charge on any atom is 0.167 e. The van der Waals surface area contributed by atoms with Crippen LogP contribution in [-0.2, 0) is 13.5 Å². The second-order valence-corrected chi connectivity index (χ2v) is 3.94. The Morgan fingerprint density at radius 1 is 1.31 bits per heavy atom. The average molecular weight is 216 g/mol. The Bertz CT molecular complexity index is 442. The van der Waals surface area contributed by atoms with E-state index in [2.05, 4.69) is 22.2 Å². The maximum atomic E-state index is 6.07. The fourth-order valence-corrected chi connectivity index (χ4v) is 1.60. The van der Waals surface area contributed by atoms with Crippen molar-refractivity contribution < 1.29 is 0 Å². The second kappa shape index (κ2) is 4.45. The molecule has 0 radical (unpaired) electrons. The van der Waals surface area contributed by atoms with E-state index in [1.807, 2.05) is 32.2 Å². The fraction of sp³-hybridized carbons (Fsp3) is 0.333. The first-order chi connectivity index (χ1) is 7.66. The van der Waals surface area contributed by atoms with Gasteiger partial charge >= 0.3 is 0 Å². The van der Waals surface area contributed by atoms with Gasteiger partial charge in [0.1, 0.15) is 5.82 Å². The zero-order chi connectivity index (χ0) is 11.5. The number of rotatable bonds is 3. The minimum atomic E-state index is -0.137. The summed E-state index contributed by atoms with van der Waals surface area (Å²) in [6.45, 7) is 1.92. The van der Waals surface area contributed by atoms with Gasteiger partial charge in [-0.25, -0.2) is 4.98 Å². The molecule has 0 aliphatic carbocycles. The number of nitrogens with two attached hydrogens (primary N) is 1. The number of nitrogens with zero attached hydrogens (tertiary/aromatic N) is 3. The third-order valence-corrected chi connectivity index (χ3v) is 2.63. The van der Waals surface area contributed by atoms with E-state index in [4.69, 9.17) is 5.73 Å². The third-order valence-electron chi connectivity index (χ3n) is 2.63. The van der Waals surface area contributed by atoms with Gasteiger partial charge in [-0.2, -0.15) is 5.10 Å². The molecule has 0 amide bonds. The van der Waals surface area contributed by atoms with Gasteiger partial charge in [-0.3, -0.25) is 4.68 Å². The van der Waals surface area contributed by atoms with E-state index in [9.17, 15) is 0 Å². The first-order valence-electron chi connectivity index (χ1n) is 5.34. The largest absolute Gasteiger partial charge is 0.321 e. The highest BCUT2D eigenvalue weighted by Gasteiger charge is 2.12. The molecule has 0 aliphatic rings. The van der Waals surface area contributed by atoms with Crippen LogP contribution in [0.4, 0.5) is 0 Å². The molecule has 84 valence electrons. The van der Waals surface area contributed by atoms with E-state index in [1.165, 1.54) is 5.56 Å². The zero-order valence-electron chi connectivity index (χ0n) is 9.59. The highest BCUT2D eigenvalue weighted by atomic mass is 15.3. The van der Waals surface area contributed by atoms with Crippen molar-refractivity contribution in [2.45, 2.75) is 19.4 Å². The lowest BCUT2D eigenvalue weighted by Crippen LogP contribution is -2.15. The SMILES string of the molecule is Cc1nc([C@@H](N)Cc2ccccc2)nn1C. The van der Waals surface area contributed by atoms with Gasteiger partial charge in [-0.1, -0.05) is 30.3 Å². The molecule has 1 aromatic carbocycles. The maximum absolute atomic E-state index is 6.07. The molecule has 2 N–H and O–H groups in total. The van der Waals surface area contributed by atoms with E-state index >= 15 is 0 Å². The molecule has 2 rings (SSSR count). The third kappa shape index (κ3) is 2.28. The predicted octanol–water partition coefficient (Wildman–Crippen LogP) is 1.37. The minimum absolute atomic E-state index is 0.137. The molecule has 4 nitrogen and oxygen atoms in total. The van der Waals surface area contributed by atoms with Crippen molar-refractivity contribution in [3.8, 4) is 0 Å². The van der Waals surface area contributed by atoms with Crippen molar-refractivity contribution in [1.29, 1.82) is 0 Å². The minimum Gasteiger partial charge on any atom is -0.321 e. The van der Waals surface area contributed by atoms with Crippen LogP contribution >= 0.6 is 0 Å². The molecule has 16 heavy (non-hydrogen) atoms. The van der Waals surface area contributed by atoms with E-state index in [0.29, 0.717) is 5.82 Å². The van der Waals surface area contributed by atoms with Crippen molar-refractivity contribution in [2.24, 2.45) is 12.8 Å². The number of benzene rings is 1. The van der Waals surface area contributed by atoms with Crippen molar-refractivity contribution in [2.75, 3.05) is 0 Å². The van der Waals surface area contributed by atoms with Gasteiger partial charge in [0.25, 0.3) is 0 Å². The lowest BCUT2D eigenvalue weighted by Gasteiger charge is -2.06. The highest BCUT2D eigenvalue weighted by molar-refractivity contribution is 5.17. The van der Waals surface area contributed by atoms with Crippen LogP contribution in [0.1, 0.15) is 23.3 Å². The molecule has 1 atom stereocenters. The zero-order valence-corrected chi connectivity index (χ0v) is 9.59. The van der Waals surface area contributed by atoms with Crippen LogP contribution in [0.15, 0.2) is 30.3 Å². The summed E-state index contributed by atoms with van der Waals surface area (Å²) in [6, 6.07) is 10.0. The normalized spacial score (nSPS) is 12.7. The van der Waals surface area contributed by atoms with E-state index in [-0.39, 0.29) is 6.04 Å². The monoisotopic (exact) mass is 216 g/mol. The van der Waals surface area contributed by atoms with Crippen molar-refractivity contribution >= 4 is 0 Å². The van der Waals surface area contributed by atoms with Gasteiger partial charge in [-0.15, -0.1) is 0 Å². The summed E-state index contributed by atoms with van der Waals surface area (Å²) in [6.07, 6.45) is 0.768. The van der Waals surface area contributed by atoms with Gasteiger partial charge < -0.3 is 5.73 Å². The molecule has 0 unspecified atom stereocenters. The molecule has 0 spiro atoms. The summed E-state index contributed by atoms with van der Waals surface area (Å²) in [5, 5.41) is 4.29. The number of aryl methyl sites for hydroxylation is 2. The second-order valence-electron chi connectivity index (χ2n) is 3.94. The van der Waals surface area contributed by atoms with Crippen molar-refractivity contribution in [3.63, 3.8) is 0 Å². The molecule has 0 saturated heterocycles. The van der Waals surface area contributed by atoms with Crippen LogP contribution < -0.4 is 5.73 Å². The van der Waals surface area contributed by atoms with Crippen LogP contribution in [0.2, 0.25) is 0 Å². The molecular weight excluding hydrogens is 200 g/mol. The summed E-state index contributed by atoms with van der Waals surface area (Å²) < 4.78 is 1.75. The Labute approximate surface area is 95.1 Å². The molecule has 4 heteroatoms. The number of aromatic nitrogens is 3. The van der Waals surface area contributed by atoms with Crippen LogP contribution in [0.5, 0.6) is 0 Å². The summed E-state index contributed by atoms with van der Waals surface area (Å²) in [5.41, 5.74) is 7.28. The van der Waals surface area contributed by atoms with Gasteiger partial charge in [0.15, 0.2) is 5.82 Å². The number of hydrogen-bond donors (Lipinski definition) is 1. The van der Waals surface area contributed by atoms with Gasteiger partial charge in [-0.05, 0) is 18.9 Å².